The van der Waals surface area contributed by atoms with E-state index in [1.54, 1.807) is 6.92 Å². The molecule has 0 aromatic rings. The van der Waals surface area contributed by atoms with Gasteiger partial charge in [0.2, 0.25) is 0 Å². The largest absolute Gasteiger partial charge is 0.394 e. The van der Waals surface area contributed by atoms with Crippen molar-refractivity contribution in [3.63, 3.8) is 0 Å². The van der Waals surface area contributed by atoms with Crippen molar-refractivity contribution in [3.05, 3.63) is 0 Å². The molecule has 0 aromatic carbocycles. The smallest absolute Gasteiger partial charge is 0.198 e. The zero-order valence-corrected chi connectivity index (χ0v) is 24.9. The van der Waals surface area contributed by atoms with Crippen molar-refractivity contribution in [1.82, 2.24) is 0 Å². The molecule has 46 heavy (non-hydrogen) atoms. The number of aliphatic hydroxyl groups excluding tert-OH is 10. The van der Waals surface area contributed by atoms with Gasteiger partial charge in [0.15, 0.2) is 24.7 Å². The molecule has 10 N–H and O–H groups in total. The summed E-state index contributed by atoms with van der Waals surface area (Å²) in [6.45, 7) is 0.243. The molecule has 266 valence electrons. The highest BCUT2D eigenvalue weighted by Gasteiger charge is 2.61. The maximum absolute atomic E-state index is 11.3. The van der Waals surface area contributed by atoms with Crippen LogP contribution in [0.5, 0.6) is 0 Å². The summed E-state index contributed by atoms with van der Waals surface area (Å²) >= 11 is 0. The summed E-state index contributed by atoms with van der Waals surface area (Å²) in [4.78, 5) is 0. The first-order valence-electron chi connectivity index (χ1n) is 15.5. The second kappa shape index (κ2) is 13.9. The van der Waals surface area contributed by atoms with Crippen LogP contribution in [0.15, 0.2) is 0 Å². The zero-order chi connectivity index (χ0) is 33.1. The van der Waals surface area contributed by atoms with Crippen LogP contribution >= 0.6 is 0 Å². The first kappa shape index (κ1) is 35.1. The third-order valence-electron chi connectivity index (χ3n) is 9.53. The molecule has 6 aliphatic rings. The van der Waals surface area contributed by atoms with Crippen LogP contribution in [0.1, 0.15) is 19.8 Å². The van der Waals surface area contributed by atoms with Gasteiger partial charge in [-0.15, -0.1) is 0 Å². The lowest BCUT2D eigenvalue weighted by Gasteiger charge is -2.51. The van der Waals surface area contributed by atoms with Gasteiger partial charge in [-0.1, -0.05) is 13.3 Å². The average molecular weight is 673 g/mol. The first-order chi connectivity index (χ1) is 21.9. The van der Waals surface area contributed by atoms with Gasteiger partial charge in [0.05, 0.1) is 26.4 Å². The number of hydrogen-bond acceptors (Lipinski definition) is 19. The Hall–Kier alpha value is -0.760. The van der Waals surface area contributed by atoms with E-state index in [0.29, 0.717) is 6.42 Å². The summed E-state index contributed by atoms with van der Waals surface area (Å²) in [7, 11) is 0. The summed E-state index contributed by atoms with van der Waals surface area (Å²) in [6.07, 6.45) is -25.8. The van der Waals surface area contributed by atoms with Gasteiger partial charge in [0.1, 0.15) is 97.7 Å². The Morgan fingerprint density at radius 3 is 1.89 bits per heavy atom. The van der Waals surface area contributed by atoms with E-state index in [2.05, 4.69) is 0 Å². The molecule has 6 heterocycles. The molecule has 0 spiro atoms. The van der Waals surface area contributed by atoms with Crippen molar-refractivity contribution in [2.75, 3.05) is 26.4 Å². The highest BCUT2D eigenvalue weighted by molar-refractivity contribution is 5.03. The highest BCUT2D eigenvalue weighted by atomic mass is 16.8. The topological polar surface area (TPSA) is 285 Å². The van der Waals surface area contributed by atoms with E-state index in [4.69, 9.17) is 42.6 Å². The number of ether oxygens (including phenoxy) is 9. The minimum Gasteiger partial charge on any atom is -0.394 e. The molecule has 0 amide bonds. The van der Waals surface area contributed by atoms with E-state index in [0.717, 1.165) is 0 Å². The van der Waals surface area contributed by atoms with Crippen molar-refractivity contribution in [2.24, 2.45) is 0 Å². The van der Waals surface area contributed by atoms with Gasteiger partial charge in [0, 0.05) is 6.42 Å². The normalized spacial score (nSPS) is 55.5. The fraction of sp³-hybridized carbons (Fsp3) is 1.00. The standard InChI is InChI=1S/C27H44O19/c1-2-3-27(23(36)14(32)12(30)9(5-29)45-27)46-19-11-7-39-22(19)17(35)26(42-11)44-20-13(31)8(4-28)41-25(16(20)34)43-18-10-6-38-21(18)15(33)24(37)40-10/h8-26,28-37H,2-7H2,1H3/t8-,9-,10+,11+,12+,13-,14+,15+,16-,17+,18+,19+,20+,21+,22+,23-,24-,25+,26+,27+/m1/s1. The molecule has 0 aliphatic carbocycles. The fourth-order valence-corrected chi connectivity index (χ4v) is 7.07. The van der Waals surface area contributed by atoms with Gasteiger partial charge < -0.3 is 93.7 Å². The second-order valence-corrected chi connectivity index (χ2v) is 12.5. The summed E-state index contributed by atoms with van der Waals surface area (Å²) in [5.41, 5.74) is 0. The molecule has 19 heteroatoms. The van der Waals surface area contributed by atoms with E-state index in [-0.39, 0.29) is 19.6 Å². The van der Waals surface area contributed by atoms with E-state index in [1.807, 2.05) is 0 Å². The Morgan fingerprint density at radius 2 is 1.24 bits per heavy atom. The van der Waals surface area contributed by atoms with Crippen molar-refractivity contribution in [1.29, 1.82) is 0 Å². The molecule has 0 unspecified atom stereocenters. The minimum atomic E-state index is -1.91. The Morgan fingerprint density at radius 1 is 0.630 bits per heavy atom. The molecule has 6 rings (SSSR count). The number of hydrogen-bond donors (Lipinski definition) is 10. The molecule has 20 atom stereocenters. The highest BCUT2D eigenvalue weighted by Crippen LogP contribution is 2.42. The number of fused-ring (bicyclic) bond motifs is 4. The first-order valence-corrected chi connectivity index (χ1v) is 15.5. The molecular formula is C27H44O19. The van der Waals surface area contributed by atoms with E-state index in [9.17, 15) is 51.1 Å². The summed E-state index contributed by atoms with van der Waals surface area (Å²) in [6, 6.07) is 0. The van der Waals surface area contributed by atoms with Crippen LogP contribution in [0, 0.1) is 0 Å². The van der Waals surface area contributed by atoms with E-state index < -0.39 is 136 Å². The Kier molecular flexibility index (Phi) is 10.6. The molecule has 4 bridgehead atoms. The molecule has 6 saturated heterocycles. The zero-order valence-electron chi connectivity index (χ0n) is 24.9. The minimum absolute atomic E-state index is 0.0197. The maximum atomic E-state index is 11.3. The predicted octanol–water partition coefficient (Wildman–Crippen LogP) is -6.49. The van der Waals surface area contributed by atoms with Crippen molar-refractivity contribution >= 4 is 0 Å². The molecule has 6 aliphatic heterocycles. The van der Waals surface area contributed by atoms with Crippen molar-refractivity contribution in [2.45, 2.75) is 142 Å². The Labute approximate surface area is 262 Å². The number of rotatable bonds is 10. The number of aliphatic hydroxyl groups is 10. The van der Waals surface area contributed by atoms with Gasteiger partial charge in [-0.25, -0.2) is 0 Å². The Bertz CT molecular complexity index is 1020. The van der Waals surface area contributed by atoms with Gasteiger partial charge in [-0.3, -0.25) is 0 Å². The van der Waals surface area contributed by atoms with Gasteiger partial charge >= 0.3 is 0 Å². The molecule has 0 aromatic heterocycles. The third-order valence-corrected chi connectivity index (χ3v) is 9.53. The summed E-state index contributed by atoms with van der Waals surface area (Å²) < 4.78 is 51.8. The van der Waals surface area contributed by atoms with Gasteiger partial charge in [-0.05, 0) is 0 Å². The molecular weight excluding hydrogens is 628 g/mol. The quantitative estimate of drug-likeness (QED) is 0.103. The van der Waals surface area contributed by atoms with E-state index in [1.165, 1.54) is 0 Å². The lowest BCUT2D eigenvalue weighted by Crippen LogP contribution is -2.69. The third kappa shape index (κ3) is 6.02. The van der Waals surface area contributed by atoms with E-state index >= 15 is 0 Å². The average Bonchev–Trinajstić information content (AvgIpc) is 3.52. The van der Waals surface area contributed by atoms with Gasteiger partial charge in [0.25, 0.3) is 0 Å². The summed E-state index contributed by atoms with van der Waals surface area (Å²) in [5.74, 6) is -1.91. The van der Waals surface area contributed by atoms with Crippen molar-refractivity contribution < 1.29 is 93.7 Å². The molecule has 19 nitrogen and oxygen atoms in total. The van der Waals surface area contributed by atoms with Gasteiger partial charge in [-0.2, -0.15) is 0 Å². The monoisotopic (exact) mass is 672 g/mol. The SMILES string of the molecule is CCC[C@@]1(O[C@@H]2[C@H]3OC[C@@H]2O[C@@H](O[C@@H]2[C@@H](O)[C@H](O[C@@H]4[C@H]5OC[C@@H]4O[C@@H](O)[C@H]5O)O[C@H](CO)[C@H]2O)[C@H]3O)O[C@H](CO)[C@H](O)[C@H](O)[C@H]1O. The Balaban J connectivity index is 1.15. The van der Waals surface area contributed by atoms with Crippen LogP contribution in [-0.4, -0.2) is 200 Å². The van der Waals surface area contributed by atoms with Crippen LogP contribution in [0.25, 0.3) is 0 Å². The predicted molar refractivity (Wildman–Crippen MR) is 141 cm³/mol. The lowest BCUT2D eigenvalue weighted by atomic mass is 9.89. The van der Waals surface area contributed by atoms with Crippen LogP contribution in [0.2, 0.25) is 0 Å². The lowest BCUT2D eigenvalue weighted by molar-refractivity contribution is -0.400. The van der Waals surface area contributed by atoms with Crippen LogP contribution < -0.4 is 0 Å². The van der Waals surface area contributed by atoms with Crippen LogP contribution in [0.3, 0.4) is 0 Å². The second-order valence-electron chi connectivity index (χ2n) is 12.5. The molecule has 0 radical (unpaired) electrons. The van der Waals surface area contributed by atoms with Crippen molar-refractivity contribution in [3.8, 4) is 0 Å². The summed E-state index contributed by atoms with van der Waals surface area (Å²) in [5, 5.41) is 105. The van der Waals surface area contributed by atoms with Crippen LogP contribution in [-0.2, 0) is 42.6 Å². The molecule has 0 saturated carbocycles. The fourth-order valence-electron chi connectivity index (χ4n) is 7.07. The van der Waals surface area contributed by atoms with Crippen LogP contribution in [0.4, 0.5) is 0 Å². The maximum Gasteiger partial charge on any atom is 0.198 e. The molecule has 6 fully saturated rings.